The molecule has 16 heavy (non-hydrogen) atoms. The number of nitrogens with one attached hydrogen (secondary N) is 1. The third-order valence-electron chi connectivity index (χ3n) is 3.10. The molecule has 0 radical (unpaired) electrons. The Kier molecular flexibility index (Phi) is 4.06. The van der Waals surface area contributed by atoms with Crippen molar-refractivity contribution < 1.29 is 0 Å². The Hall–Kier alpha value is -1.36. The van der Waals surface area contributed by atoms with Gasteiger partial charge in [0.15, 0.2) is 0 Å². The average Bonchev–Trinajstić information content (AvgIpc) is 2.27. The highest BCUT2D eigenvalue weighted by atomic mass is 15.3. The lowest BCUT2D eigenvalue weighted by Gasteiger charge is -2.30. The maximum atomic E-state index is 5.40. The lowest BCUT2D eigenvalue weighted by molar-refractivity contribution is 0.502. The minimum atomic E-state index is 0.416. The van der Waals surface area contributed by atoms with Crippen molar-refractivity contribution in [1.82, 2.24) is 9.97 Å². The summed E-state index contributed by atoms with van der Waals surface area (Å²) in [7, 11) is 2.04. The second kappa shape index (κ2) is 5.12. The summed E-state index contributed by atoms with van der Waals surface area (Å²) in [6.45, 7) is 8.54. The molecule has 1 atom stereocenters. The first-order chi connectivity index (χ1) is 7.49. The number of anilines is 2. The summed E-state index contributed by atoms with van der Waals surface area (Å²) >= 11 is 0. The van der Waals surface area contributed by atoms with Gasteiger partial charge in [0.25, 0.3) is 0 Å². The summed E-state index contributed by atoms with van der Waals surface area (Å²) in [5.74, 6) is 7.55. The molecule has 0 spiro atoms. The summed E-state index contributed by atoms with van der Waals surface area (Å²) in [6, 6.07) is 0.416. The largest absolute Gasteiger partial charge is 0.356 e. The van der Waals surface area contributed by atoms with E-state index in [0.717, 1.165) is 11.4 Å². The van der Waals surface area contributed by atoms with E-state index in [2.05, 4.69) is 41.1 Å². The van der Waals surface area contributed by atoms with Crippen LogP contribution in [0.25, 0.3) is 0 Å². The second-order valence-electron chi connectivity index (χ2n) is 4.41. The minimum absolute atomic E-state index is 0.416. The Bertz CT molecular complexity index is 350. The molecule has 1 aromatic rings. The van der Waals surface area contributed by atoms with Gasteiger partial charge in [-0.2, -0.15) is 0 Å². The van der Waals surface area contributed by atoms with Crippen molar-refractivity contribution in [3.8, 4) is 0 Å². The van der Waals surface area contributed by atoms with Gasteiger partial charge in [0.05, 0.1) is 0 Å². The SMILES string of the molecule is Cc1c(NN)ncnc1N(C)C(C)C(C)C. The predicted octanol–water partition coefficient (Wildman–Crippen LogP) is 1.55. The van der Waals surface area contributed by atoms with Crippen LogP contribution in [0.2, 0.25) is 0 Å². The van der Waals surface area contributed by atoms with E-state index in [0.29, 0.717) is 17.8 Å². The quantitative estimate of drug-likeness (QED) is 0.599. The standard InChI is InChI=1S/C11H21N5/c1-7(2)9(4)16(5)11-8(3)10(15-12)13-6-14-11/h6-7,9H,12H2,1-5H3,(H,13,14,15). The smallest absolute Gasteiger partial charge is 0.148 e. The molecule has 0 aliphatic heterocycles. The van der Waals surface area contributed by atoms with Crippen LogP contribution in [-0.4, -0.2) is 23.1 Å². The zero-order valence-electron chi connectivity index (χ0n) is 10.7. The molecule has 0 saturated heterocycles. The Morgan fingerprint density at radius 3 is 2.44 bits per heavy atom. The van der Waals surface area contributed by atoms with E-state index in [4.69, 9.17) is 5.84 Å². The molecule has 0 bridgehead atoms. The lowest BCUT2D eigenvalue weighted by Crippen LogP contribution is -2.34. The van der Waals surface area contributed by atoms with Crippen LogP contribution in [0.3, 0.4) is 0 Å². The Labute approximate surface area is 97.0 Å². The molecule has 1 aromatic heterocycles. The van der Waals surface area contributed by atoms with Crippen molar-refractivity contribution in [2.75, 3.05) is 17.4 Å². The normalized spacial score (nSPS) is 12.7. The third-order valence-corrected chi connectivity index (χ3v) is 3.10. The molecule has 1 rings (SSSR count). The number of hydrogen-bond acceptors (Lipinski definition) is 5. The number of aromatic nitrogens is 2. The molecule has 0 aliphatic rings. The van der Waals surface area contributed by atoms with Crippen LogP contribution in [0.15, 0.2) is 6.33 Å². The van der Waals surface area contributed by atoms with E-state index >= 15 is 0 Å². The lowest BCUT2D eigenvalue weighted by atomic mass is 10.0. The Morgan fingerprint density at radius 2 is 1.94 bits per heavy atom. The molecule has 0 fully saturated rings. The van der Waals surface area contributed by atoms with Crippen molar-refractivity contribution >= 4 is 11.6 Å². The fourth-order valence-electron chi connectivity index (χ4n) is 1.58. The molecule has 1 unspecified atom stereocenters. The van der Waals surface area contributed by atoms with Gasteiger partial charge >= 0.3 is 0 Å². The van der Waals surface area contributed by atoms with Gasteiger partial charge in [-0.1, -0.05) is 13.8 Å². The Balaban J connectivity index is 3.04. The van der Waals surface area contributed by atoms with Crippen molar-refractivity contribution in [3.63, 3.8) is 0 Å². The van der Waals surface area contributed by atoms with E-state index in [9.17, 15) is 0 Å². The van der Waals surface area contributed by atoms with E-state index in [1.807, 2.05) is 14.0 Å². The number of nitrogens with zero attached hydrogens (tertiary/aromatic N) is 3. The van der Waals surface area contributed by atoms with Gasteiger partial charge in [-0.15, -0.1) is 0 Å². The monoisotopic (exact) mass is 223 g/mol. The van der Waals surface area contributed by atoms with Gasteiger partial charge in [0, 0.05) is 18.7 Å². The van der Waals surface area contributed by atoms with Crippen LogP contribution in [0.5, 0.6) is 0 Å². The second-order valence-corrected chi connectivity index (χ2v) is 4.41. The van der Waals surface area contributed by atoms with Crippen molar-refractivity contribution in [2.24, 2.45) is 11.8 Å². The van der Waals surface area contributed by atoms with Gasteiger partial charge in [-0.05, 0) is 19.8 Å². The van der Waals surface area contributed by atoms with Crippen molar-refractivity contribution in [1.29, 1.82) is 0 Å². The minimum Gasteiger partial charge on any atom is -0.356 e. The first-order valence-corrected chi connectivity index (χ1v) is 5.50. The predicted molar refractivity (Wildman–Crippen MR) is 67.3 cm³/mol. The molecule has 5 nitrogen and oxygen atoms in total. The van der Waals surface area contributed by atoms with Crippen molar-refractivity contribution in [3.05, 3.63) is 11.9 Å². The fraction of sp³-hybridized carbons (Fsp3) is 0.636. The number of rotatable bonds is 4. The first-order valence-electron chi connectivity index (χ1n) is 5.50. The molecule has 0 aromatic carbocycles. The van der Waals surface area contributed by atoms with Gasteiger partial charge < -0.3 is 10.3 Å². The first kappa shape index (κ1) is 12.7. The van der Waals surface area contributed by atoms with Crippen LogP contribution < -0.4 is 16.2 Å². The summed E-state index contributed by atoms with van der Waals surface area (Å²) in [5, 5.41) is 0. The summed E-state index contributed by atoms with van der Waals surface area (Å²) in [5.41, 5.74) is 3.55. The van der Waals surface area contributed by atoms with Gasteiger partial charge in [0.2, 0.25) is 0 Å². The number of nitrogen functional groups attached to an aromatic ring is 1. The van der Waals surface area contributed by atoms with Gasteiger partial charge in [0.1, 0.15) is 18.0 Å². The zero-order chi connectivity index (χ0) is 12.3. The highest BCUT2D eigenvalue weighted by Gasteiger charge is 2.17. The average molecular weight is 223 g/mol. The summed E-state index contributed by atoms with van der Waals surface area (Å²) in [4.78, 5) is 10.5. The molecule has 90 valence electrons. The van der Waals surface area contributed by atoms with Crippen LogP contribution in [0.1, 0.15) is 26.3 Å². The number of hydrazine groups is 1. The maximum Gasteiger partial charge on any atom is 0.148 e. The topological polar surface area (TPSA) is 67.1 Å². The number of hydrogen-bond donors (Lipinski definition) is 2. The third kappa shape index (κ3) is 2.41. The summed E-state index contributed by atoms with van der Waals surface area (Å²) in [6.07, 6.45) is 1.53. The van der Waals surface area contributed by atoms with E-state index in [1.54, 1.807) is 0 Å². The summed E-state index contributed by atoms with van der Waals surface area (Å²) < 4.78 is 0. The van der Waals surface area contributed by atoms with Crippen molar-refractivity contribution in [2.45, 2.75) is 33.7 Å². The fourth-order valence-corrected chi connectivity index (χ4v) is 1.58. The molecular formula is C11H21N5. The molecule has 0 saturated carbocycles. The highest BCUT2D eigenvalue weighted by molar-refractivity contribution is 5.57. The van der Waals surface area contributed by atoms with Gasteiger partial charge in [-0.3, -0.25) is 0 Å². The van der Waals surface area contributed by atoms with E-state index in [1.165, 1.54) is 6.33 Å². The molecule has 3 N–H and O–H groups in total. The van der Waals surface area contributed by atoms with Crippen LogP contribution >= 0.6 is 0 Å². The van der Waals surface area contributed by atoms with E-state index in [-0.39, 0.29) is 0 Å². The molecule has 0 amide bonds. The maximum absolute atomic E-state index is 5.40. The molecule has 1 heterocycles. The molecule has 5 heteroatoms. The van der Waals surface area contributed by atoms with E-state index < -0.39 is 0 Å². The van der Waals surface area contributed by atoms with Crippen LogP contribution in [-0.2, 0) is 0 Å². The Morgan fingerprint density at radius 1 is 1.31 bits per heavy atom. The molecule has 0 aliphatic carbocycles. The number of nitrogens with two attached hydrogens (primary N) is 1. The van der Waals surface area contributed by atoms with Gasteiger partial charge in [-0.25, -0.2) is 15.8 Å². The highest BCUT2D eigenvalue weighted by Crippen LogP contribution is 2.23. The van der Waals surface area contributed by atoms with Crippen LogP contribution in [0, 0.1) is 12.8 Å². The zero-order valence-corrected chi connectivity index (χ0v) is 10.7. The van der Waals surface area contributed by atoms with Crippen LogP contribution in [0.4, 0.5) is 11.6 Å². The molecular weight excluding hydrogens is 202 g/mol.